The summed E-state index contributed by atoms with van der Waals surface area (Å²) in [5.41, 5.74) is -1.92. The second-order valence-corrected chi connectivity index (χ2v) is 19.6. The van der Waals surface area contributed by atoms with Crippen LogP contribution in [0.25, 0.3) is 0 Å². The van der Waals surface area contributed by atoms with Crippen LogP contribution in [0.5, 0.6) is 0 Å². The Bertz CT molecular complexity index is 3120. The standard InChI is InChI=1S/C54H53F6N9O8.C4H6O4.CH4/c1-7-76-49(72)45-33(3)67(41-13-9-11-39(27-41)53(55,56)57)51(74)65(47(45)37-19-15-35(29-61)16-20-37)31-43(70)63-23-25-69(5,6)26-24-64-44(71)32-66-48(38-21-17-36(30-62)18-22-38)46(50(73)77-8-2)34(4)68(52(66)75)42-14-10-12-40(28-42)54(58,59)60;5-3(6)1-2-4(7)8;/h9-22,27-28,47-48H,7-8,23-26,31-32H2,1-6H3,(H-,63,64,70,71);1-2H2,(H,5,6)(H,7,8);1H4/p-1/t47-,48-;;/m1../s1. The number of likely N-dealkylation sites (N-methyl/N-ethyl adjacent to an activating group) is 1. The van der Waals surface area contributed by atoms with Crippen molar-refractivity contribution in [3.8, 4) is 12.1 Å². The van der Waals surface area contributed by atoms with Crippen LogP contribution in [0.4, 0.5) is 47.3 Å². The summed E-state index contributed by atoms with van der Waals surface area (Å²) in [7, 11) is 3.56. The number of anilines is 2. The monoisotopic (exact) mass is 1200 g/mol. The van der Waals surface area contributed by atoms with E-state index in [1.807, 2.05) is 12.1 Å². The highest BCUT2D eigenvalue weighted by Crippen LogP contribution is 2.43. The Hall–Kier alpha value is -9.76. The molecule has 0 aromatic heterocycles. The van der Waals surface area contributed by atoms with Crippen molar-refractivity contribution >= 4 is 59.1 Å². The molecular formula is C59H62F6N9O12-. The number of hydrogen-bond donors (Lipinski definition) is 2. The van der Waals surface area contributed by atoms with Gasteiger partial charge in [-0.1, -0.05) is 43.8 Å². The first-order valence-electron chi connectivity index (χ1n) is 26.0. The van der Waals surface area contributed by atoms with Gasteiger partial charge in [0.2, 0.25) is 11.8 Å². The number of benzene rings is 4. The number of allylic oxidation sites excluding steroid dienone is 2. The summed E-state index contributed by atoms with van der Waals surface area (Å²) in [6, 6.07) is 19.0. The number of amides is 6. The lowest BCUT2D eigenvalue weighted by atomic mass is 9.92. The lowest BCUT2D eigenvalue weighted by molar-refractivity contribution is -0.887. The van der Waals surface area contributed by atoms with Crippen LogP contribution in [0.1, 0.15) is 93.4 Å². The van der Waals surface area contributed by atoms with E-state index in [4.69, 9.17) is 9.47 Å². The zero-order valence-electron chi connectivity index (χ0n) is 46.8. The predicted molar refractivity (Wildman–Crippen MR) is 292 cm³/mol. The second kappa shape index (κ2) is 29.7. The summed E-state index contributed by atoms with van der Waals surface area (Å²) in [6.45, 7) is 4.65. The highest BCUT2D eigenvalue weighted by molar-refractivity contribution is 6.06. The van der Waals surface area contributed by atoms with Gasteiger partial charge in [-0.3, -0.25) is 19.4 Å². The minimum atomic E-state index is -4.79. The van der Waals surface area contributed by atoms with Crippen molar-refractivity contribution in [2.45, 2.75) is 72.4 Å². The second-order valence-electron chi connectivity index (χ2n) is 19.6. The Morgan fingerprint density at radius 2 is 0.930 bits per heavy atom. The number of carboxylic acids is 2. The highest BCUT2D eigenvalue weighted by atomic mass is 19.4. The molecule has 21 nitrogen and oxygen atoms in total. The molecule has 2 aliphatic heterocycles. The molecular weight excluding hydrogens is 1140 g/mol. The maximum Gasteiger partial charge on any atom is 0.416 e. The quantitative estimate of drug-likeness (QED) is 0.0548. The van der Waals surface area contributed by atoms with Gasteiger partial charge in [0, 0.05) is 23.3 Å². The minimum Gasteiger partial charge on any atom is -0.550 e. The summed E-state index contributed by atoms with van der Waals surface area (Å²) >= 11 is 0. The van der Waals surface area contributed by atoms with Crippen LogP contribution >= 0.6 is 0 Å². The molecule has 6 amide bonds. The third-order valence-electron chi connectivity index (χ3n) is 13.3. The first-order chi connectivity index (χ1) is 40.0. The lowest BCUT2D eigenvalue weighted by Gasteiger charge is -2.42. The molecule has 27 heteroatoms. The molecule has 2 aliphatic rings. The molecule has 2 heterocycles. The van der Waals surface area contributed by atoms with Crippen molar-refractivity contribution in [3.05, 3.63) is 153 Å². The van der Waals surface area contributed by atoms with E-state index in [0.717, 1.165) is 56.0 Å². The van der Waals surface area contributed by atoms with E-state index >= 15 is 0 Å². The lowest BCUT2D eigenvalue weighted by Crippen LogP contribution is -2.55. The molecule has 0 saturated carbocycles. The molecule has 0 bridgehead atoms. The Morgan fingerprint density at radius 1 is 0.593 bits per heavy atom. The highest BCUT2D eigenvalue weighted by Gasteiger charge is 2.46. The van der Waals surface area contributed by atoms with E-state index in [1.165, 1.54) is 74.5 Å². The fourth-order valence-corrected chi connectivity index (χ4v) is 9.12. The smallest absolute Gasteiger partial charge is 0.416 e. The molecule has 0 aliphatic carbocycles. The van der Waals surface area contributed by atoms with Crippen LogP contribution in [0, 0.1) is 22.7 Å². The van der Waals surface area contributed by atoms with E-state index < -0.39 is 109 Å². The van der Waals surface area contributed by atoms with E-state index in [2.05, 4.69) is 10.6 Å². The number of quaternary nitrogens is 1. The van der Waals surface area contributed by atoms with Gasteiger partial charge >= 0.3 is 36.4 Å². The van der Waals surface area contributed by atoms with E-state index in [0.29, 0.717) is 11.1 Å². The number of carboxylic acid groups (broad SMARTS) is 2. The third-order valence-corrected chi connectivity index (χ3v) is 13.3. The van der Waals surface area contributed by atoms with Gasteiger partial charge in [-0.25, -0.2) is 19.2 Å². The zero-order chi connectivity index (χ0) is 63.1. The van der Waals surface area contributed by atoms with Gasteiger partial charge in [-0.15, -0.1) is 0 Å². The maximum atomic E-state index is 14.6. The Kier molecular flexibility index (Phi) is 23.7. The number of halogens is 6. The van der Waals surface area contributed by atoms with Crippen LogP contribution in [-0.2, 0) is 50.6 Å². The van der Waals surface area contributed by atoms with Gasteiger partial charge in [0.25, 0.3) is 0 Å². The number of alkyl halides is 6. The van der Waals surface area contributed by atoms with Gasteiger partial charge in [0.05, 0.1) is 122 Å². The van der Waals surface area contributed by atoms with Crippen molar-refractivity contribution in [2.75, 3.05) is 76.4 Å². The van der Waals surface area contributed by atoms with Crippen molar-refractivity contribution in [3.63, 3.8) is 0 Å². The number of nitriles is 2. The molecule has 2 atom stereocenters. The number of rotatable bonds is 21. The predicted octanol–water partition coefficient (Wildman–Crippen LogP) is 6.02. The Morgan fingerprint density at radius 3 is 1.22 bits per heavy atom. The molecule has 2 N–H and O–H groups in total. The van der Waals surface area contributed by atoms with Crippen LogP contribution < -0.4 is 30.6 Å². The number of urea groups is 2. The van der Waals surface area contributed by atoms with Gasteiger partial charge in [0.1, 0.15) is 13.1 Å². The third kappa shape index (κ3) is 17.4. The summed E-state index contributed by atoms with van der Waals surface area (Å²) in [4.78, 5) is 107. The fourth-order valence-electron chi connectivity index (χ4n) is 9.12. The first-order valence-corrected chi connectivity index (χ1v) is 26.0. The van der Waals surface area contributed by atoms with Crippen molar-refractivity contribution in [2.24, 2.45) is 0 Å². The van der Waals surface area contributed by atoms with Crippen LogP contribution in [0.3, 0.4) is 0 Å². The van der Waals surface area contributed by atoms with Gasteiger partial charge in [0.15, 0.2) is 0 Å². The van der Waals surface area contributed by atoms with E-state index in [9.17, 15) is 85.4 Å². The minimum absolute atomic E-state index is 0. The Balaban J connectivity index is 0.00000164. The summed E-state index contributed by atoms with van der Waals surface area (Å²) in [5.74, 6) is -5.97. The van der Waals surface area contributed by atoms with E-state index in [-0.39, 0.29) is 96.3 Å². The van der Waals surface area contributed by atoms with Crippen LogP contribution in [0.15, 0.2) is 120 Å². The SMILES string of the molecule is C.CCOC(=O)C1=C(C)N(c2cccc(C(F)(F)F)c2)C(=O)N(CC(=O)NCC[N+](C)(C)CCNC(=O)CN2C(=O)N(c3cccc(C(F)(F)F)c3)C(C)=C(C(=O)OCC)[C@H]2c2ccc(C#N)cc2)[C@@H]1c1ccc(C#N)cc1.O=C([O-])CCC(=O)[O-]. The van der Waals surface area contributed by atoms with Gasteiger partial charge in [-0.2, -0.15) is 36.9 Å². The van der Waals surface area contributed by atoms with Crippen LogP contribution in [-0.4, -0.2) is 129 Å². The molecule has 86 heavy (non-hydrogen) atoms. The number of nitrogens with zero attached hydrogens (tertiary/aromatic N) is 7. The Labute approximate surface area is 491 Å². The summed E-state index contributed by atoms with van der Waals surface area (Å²) < 4.78 is 94.5. The molecule has 4 aromatic rings. The van der Waals surface area contributed by atoms with Crippen molar-refractivity contribution in [1.82, 2.24) is 20.4 Å². The molecule has 6 rings (SSSR count). The molecule has 0 spiro atoms. The number of hydrogen-bond acceptors (Lipinski definition) is 14. The largest absolute Gasteiger partial charge is 0.550 e. The molecule has 0 unspecified atom stereocenters. The van der Waals surface area contributed by atoms with Gasteiger partial charge < -0.3 is 54.2 Å². The molecule has 4 aromatic carbocycles. The molecule has 458 valence electrons. The number of ether oxygens (including phenoxy) is 2. The molecule has 0 radical (unpaired) electrons. The zero-order valence-corrected chi connectivity index (χ0v) is 46.8. The van der Waals surface area contributed by atoms with Gasteiger partial charge in [-0.05, 0) is 112 Å². The number of esters is 2. The van der Waals surface area contributed by atoms with Crippen molar-refractivity contribution < 1.29 is 88.9 Å². The number of aliphatic carboxylic acids is 2. The van der Waals surface area contributed by atoms with Crippen LogP contribution in [0.2, 0.25) is 0 Å². The number of nitrogens with one attached hydrogen (secondary N) is 2. The summed E-state index contributed by atoms with van der Waals surface area (Å²) in [5, 5.41) is 43.5. The number of carbonyl (C=O) groups is 8. The maximum absolute atomic E-state index is 14.6. The first kappa shape index (κ1) is 68.7. The molecule has 0 saturated heterocycles. The topological polar surface area (TPSA) is 286 Å². The average Bonchev–Trinajstić information content (AvgIpc) is 1.01. The van der Waals surface area contributed by atoms with E-state index in [1.54, 1.807) is 27.9 Å². The fraction of sp³-hybridized carbons (Fsp3) is 0.356. The normalized spacial score (nSPS) is 15.3. The average molecular weight is 1200 g/mol. The number of carbonyl (C=O) groups excluding carboxylic acids is 8. The van der Waals surface area contributed by atoms with Crippen molar-refractivity contribution in [1.29, 1.82) is 10.5 Å². The summed E-state index contributed by atoms with van der Waals surface area (Å²) in [6.07, 6.45) is -10.5. The molecule has 0 fully saturated rings.